The molecule has 0 radical (unpaired) electrons. The maximum absolute atomic E-state index is 11.8. The lowest BCUT2D eigenvalue weighted by Crippen LogP contribution is -2.39. The topological polar surface area (TPSA) is 98.8 Å². The van der Waals surface area contributed by atoms with Gasteiger partial charge in [0, 0.05) is 11.1 Å². The molecule has 1 fully saturated rings. The first-order chi connectivity index (χ1) is 11.2. The Morgan fingerprint density at radius 1 is 1.42 bits per heavy atom. The summed E-state index contributed by atoms with van der Waals surface area (Å²) >= 11 is 5.82. The quantitative estimate of drug-likeness (QED) is 0.743. The van der Waals surface area contributed by atoms with E-state index in [1.54, 1.807) is 24.3 Å². The smallest absolute Gasteiger partial charge is 0.347 e. The molecule has 1 aliphatic rings. The van der Waals surface area contributed by atoms with Crippen molar-refractivity contribution in [2.24, 2.45) is 0 Å². The van der Waals surface area contributed by atoms with Crippen LogP contribution in [0.4, 0.5) is 0 Å². The molecule has 2 atom stereocenters. The number of carbonyl (C=O) groups is 2. The molecule has 2 rings (SSSR count). The monoisotopic (exact) mass is 375 g/mol. The highest BCUT2D eigenvalue weighted by atomic mass is 35.5. The Balaban J connectivity index is 1.74. The van der Waals surface area contributed by atoms with Crippen LogP contribution in [0.15, 0.2) is 24.3 Å². The molecule has 1 saturated heterocycles. The van der Waals surface area contributed by atoms with E-state index in [0.29, 0.717) is 17.2 Å². The highest BCUT2D eigenvalue weighted by Crippen LogP contribution is 2.18. The molecule has 9 heteroatoms. The molecule has 1 heterocycles. The zero-order valence-corrected chi connectivity index (χ0v) is 14.6. The van der Waals surface area contributed by atoms with Crippen LogP contribution >= 0.6 is 11.6 Å². The zero-order chi connectivity index (χ0) is 17.7. The van der Waals surface area contributed by atoms with E-state index < -0.39 is 40.5 Å². The van der Waals surface area contributed by atoms with E-state index in [1.807, 2.05) is 0 Å². The number of nitrogens with one attached hydrogen (secondary N) is 1. The summed E-state index contributed by atoms with van der Waals surface area (Å²) in [7, 11) is -3.08. The lowest BCUT2D eigenvalue weighted by molar-refractivity contribution is -0.154. The number of carbonyl (C=O) groups excluding carboxylic acids is 2. The standard InChI is InChI=1S/C15H18ClNO6S/c1-10(23-13-4-2-3-11(16)7-13)15(19)22-8-14(18)17-12-5-6-24(20,21)9-12/h2-4,7,10,12H,5-6,8-9H2,1H3,(H,17,18). The minimum absolute atomic E-state index is 0.0578. The number of sulfone groups is 1. The van der Waals surface area contributed by atoms with Crippen LogP contribution in [0.5, 0.6) is 5.75 Å². The summed E-state index contributed by atoms with van der Waals surface area (Å²) in [5, 5.41) is 3.00. The number of amides is 1. The molecular weight excluding hydrogens is 358 g/mol. The van der Waals surface area contributed by atoms with Crippen LogP contribution in [0, 0.1) is 0 Å². The Hall–Kier alpha value is -1.80. The molecule has 0 aliphatic carbocycles. The van der Waals surface area contributed by atoms with Crippen LogP contribution < -0.4 is 10.1 Å². The number of rotatable bonds is 6. The van der Waals surface area contributed by atoms with Crippen molar-refractivity contribution in [3.05, 3.63) is 29.3 Å². The second-order valence-corrected chi connectivity index (χ2v) is 8.16. The Morgan fingerprint density at radius 2 is 2.17 bits per heavy atom. The van der Waals surface area contributed by atoms with E-state index in [9.17, 15) is 18.0 Å². The summed E-state index contributed by atoms with van der Waals surface area (Å²) in [4.78, 5) is 23.5. The van der Waals surface area contributed by atoms with Crippen LogP contribution in [0.1, 0.15) is 13.3 Å². The fourth-order valence-electron chi connectivity index (χ4n) is 2.22. The molecule has 1 aromatic rings. The van der Waals surface area contributed by atoms with E-state index in [4.69, 9.17) is 21.1 Å². The number of esters is 1. The maximum atomic E-state index is 11.8. The molecule has 2 unspecified atom stereocenters. The molecule has 0 aromatic heterocycles. The van der Waals surface area contributed by atoms with Crippen LogP contribution in [0.2, 0.25) is 5.02 Å². The molecular formula is C15H18ClNO6S. The van der Waals surface area contributed by atoms with Crippen LogP contribution in [-0.4, -0.2) is 50.6 Å². The van der Waals surface area contributed by atoms with E-state index in [0.717, 1.165) is 0 Å². The summed E-state index contributed by atoms with van der Waals surface area (Å²) in [6, 6.07) is 6.12. The molecule has 7 nitrogen and oxygen atoms in total. The molecule has 0 spiro atoms. The van der Waals surface area contributed by atoms with Gasteiger partial charge < -0.3 is 14.8 Å². The van der Waals surface area contributed by atoms with Crippen molar-refractivity contribution in [1.29, 1.82) is 0 Å². The van der Waals surface area contributed by atoms with Gasteiger partial charge in [-0.05, 0) is 31.5 Å². The predicted molar refractivity (Wildman–Crippen MR) is 87.7 cm³/mol. The van der Waals surface area contributed by atoms with Gasteiger partial charge in [-0.2, -0.15) is 0 Å². The van der Waals surface area contributed by atoms with E-state index in [1.165, 1.54) is 6.92 Å². The first-order valence-electron chi connectivity index (χ1n) is 7.34. The molecule has 0 bridgehead atoms. The van der Waals surface area contributed by atoms with E-state index >= 15 is 0 Å². The lowest BCUT2D eigenvalue weighted by atomic mass is 10.2. The van der Waals surface area contributed by atoms with Crippen molar-refractivity contribution >= 4 is 33.3 Å². The van der Waals surface area contributed by atoms with Crippen LogP contribution in [0.25, 0.3) is 0 Å². The van der Waals surface area contributed by atoms with Crippen molar-refractivity contribution in [3.8, 4) is 5.75 Å². The van der Waals surface area contributed by atoms with Crippen molar-refractivity contribution in [2.45, 2.75) is 25.5 Å². The van der Waals surface area contributed by atoms with Gasteiger partial charge in [0.05, 0.1) is 11.5 Å². The van der Waals surface area contributed by atoms with Gasteiger partial charge in [-0.25, -0.2) is 13.2 Å². The number of benzene rings is 1. The average molecular weight is 376 g/mol. The van der Waals surface area contributed by atoms with Gasteiger partial charge in [-0.3, -0.25) is 4.79 Å². The summed E-state index contributed by atoms with van der Waals surface area (Å²) in [6.45, 7) is 1.00. The van der Waals surface area contributed by atoms with Gasteiger partial charge in [-0.1, -0.05) is 17.7 Å². The normalized spacial score (nSPS) is 20.2. The van der Waals surface area contributed by atoms with Crippen LogP contribution in [0.3, 0.4) is 0 Å². The molecule has 1 N–H and O–H groups in total. The Morgan fingerprint density at radius 3 is 2.79 bits per heavy atom. The molecule has 132 valence electrons. The average Bonchev–Trinajstić information content (AvgIpc) is 2.83. The molecule has 24 heavy (non-hydrogen) atoms. The SMILES string of the molecule is CC(Oc1cccc(Cl)c1)C(=O)OCC(=O)NC1CCS(=O)(=O)C1. The van der Waals surface area contributed by atoms with Gasteiger partial charge >= 0.3 is 5.97 Å². The van der Waals surface area contributed by atoms with Gasteiger partial charge in [0.15, 0.2) is 22.5 Å². The zero-order valence-electron chi connectivity index (χ0n) is 13.0. The lowest BCUT2D eigenvalue weighted by Gasteiger charge is -2.15. The maximum Gasteiger partial charge on any atom is 0.347 e. The number of ether oxygens (including phenoxy) is 2. The minimum Gasteiger partial charge on any atom is -0.479 e. The van der Waals surface area contributed by atoms with Gasteiger partial charge in [0.25, 0.3) is 5.91 Å². The largest absolute Gasteiger partial charge is 0.479 e. The fourth-order valence-corrected chi connectivity index (χ4v) is 4.08. The second kappa shape index (κ2) is 7.85. The number of halogens is 1. The first-order valence-corrected chi connectivity index (χ1v) is 9.54. The van der Waals surface area contributed by atoms with Crippen molar-refractivity contribution < 1.29 is 27.5 Å². The van der Waals surface area contributed by atoms with Crippen molar-refractivity contribution in [1.82, 2.24) is 5.32 Å². The Bertz CT molecular complexity index is 720. The van der Waals surface area contributed by atoms with Gasteiger partial charge in [-0.15, -0.1) is 0 Å². The summed E-state index contributed by atoms with van der Waals surface area (Å²) < 4.78 is 32.9. The third kappa shape index (κ3) is 5.68. The van der Waals surface area contributed by atoms with Crippen LogP contribution in [-0.2, 0) is 24.2 Å². The molecule has 1 aromatic carbocycles. The summed E-state index contributed by atoms with van der Waals surface area (Å²) in [6.07, 6.45) is -0.542. The summed E-state index contributed by atoms with van der Waals surface area (Å²) in [5.74, 6) is -0.861. The van der Waals surface area contributed by atoms with Gasteiger partial charge in [0.2, 0.25) is 0 Å². The highest BCUT2D eigenvalue weighted by Gasteiger charge is 2.29. The van der Waals surface area contributed by atoms with E-state index in [2.05, 4.69) is 5.32 Å². The Kier molecular flexibility index (Phi) is 6.06. The molecule has 1 amide bonds. The first kappa shape index (κ1) is 18.5. The van der Waals surface area contributed by atoms with Gasteiger partial charge in [0.1, 0.15) is 5.75 Å². The predicted octanol–water partition coefficient (Wildman–Crippen LogP) is 0.954. The minimum atomic E-state index is -3.08. The van der Waals surface area contributed by atoms with Crippen molar-refractivity contribution in [3.63, 3.8) is 0 Å². The fraction of sp³-hybridized carbons (Fsp3) is 0.467. The van der Waals surface area contributed by atoms with E-state index in [-0.39, 0.29) is 11.5 Å². The third-order valence-electron chi connectivity index (χ3n) is 3.38. The third-order valence-corrected chi connectivity index (χ3v) is 5.39. The second-order valence-electron chi connectivity index (χ2n) is 5.49. The molecule has 1 aliphatic heterocycles. The Labute approximate surface area is 145 Å². The summed E-state index contributed by atoms with van der Waals surface area (Å²) in [5.41, 5.74) is 0. The number of hydrogen-bond donors (Lipinski definition) is 1. The number of hydrogen-bond acceptors (Lipinski definition) is 6. The van der Waals surface area contributed by atoms with Crippen molar-refractivity contribution in [2.75, 3.05) is 18.1 Å². The molecule has 0 saturated carbocycles. The highest BCUT2D eigenvalue weighted by molar-refractivity contribution is 7.91.